The van der Waals surface area contributed by atoms with Crippen LogP contribution in [0.3, 0.4) is 0 Å². The molecule has 0 bridgehead atoms. The second-order valence-corrected chi connectivity index (χ2v) is 6.63. The van der Waals surface area contributed by atoms with Gasteiger partial charge in [0.2, 0.25) is 11.8 Å². The van der Waals surface area contributed by atoms with Gasteiger partial charge in [0, 0.05) is 24.8 Å². The molecule has 0 aliphatic carbocycles. The first kappa shape index (κ1) is 19.8. The van der Waals surface area contributed by atoms with Gasteiger partial charge in [-0.3, -0.25) is 9.59 Å². The lowest BCUT2D eigenvalue weighted by Crippen LogP contribution is -2.46. The molecule has 1 unspecified atom stereocenters. The summed E-state index contributed by atoms with van der Waals surface area (Å²) in [5.74, 6) is 0.591. The highest BCUT2D eigenvalue weighted by Crippen LogP contribution is 2.12. The van der Waals surface area contributed by atoms with Crippen LogP contribution in [-0.2, 0) is 9.59 Å². The minimum atomic E-state index is -0.0861. The van der Waals surface area contributed by atoms with Crippen molar-refractivity contribution in [3.05, 3.63) is 29.8 Å². The summed E-state index contributed by atoms with van der Waals surface area (Å²) in [7, 11) is 0. The van der Waals surface area contributed by atoms with E-state index in [0.717, 1.165) is 30.6 Å². The molecule has 23 heavy (non-hydrogen) atoms. The van der Waals surface area contributed by atoms with Gasteiger partial charge in [0.25, 0.3) is 0 Å². The molecule has 3 N–H and O–H groups in total. The average molecular weight is 358 g/mol. The number of likely N-dealkylation sites (tertiary alicyclic amines) is 1. The van der Waals surface area contributed by atoms with Crippen molar-refractivity contribution in [1.29, 1.82) is 0 Å². The quantitative estimate of drug-likeness (QED) is 0.845. The van der Waals surface area contributed by atoms with E-state index >= 15 is 0 Å². The van der Waals surface area contributed by atoms with Gasteiger partial charge in [0.1, 0.15) is 0 Å². The molecule has 1 aliphatic rings. The van der Waals surface area contributed by atoms with Gasteiger partial charge in [-0.05, 0) is 31.9 Å². The topological polar surface area (TPSA) is 75.4 Å². The molecule has 2 amide bonds. The zero-order valence-corrected chi connectivity index (χ0v) is 14.9. The number of amides is 2. The Labute approximate surface area is 147 Å². The predicted octanol–water partition coefficient (Wildman–Crippen LogP) is 2.04. The molecule has 1 atom stereocenters. The first-order valence-corrected chi connectivity index (χ1v) is 8.67. The molecule has 128 valence electrons. The highest BCUT2D eigenvalue weighted by Gasteiger charge is 2.21. The molecule has 1 saturated heterocycles. The van der Waals surface area contributed by atoms with E-state index in [2.05, 4.69) is 5.32 Å². The molecule has 7 heteroatoms. The Balaban J connectivity index is 0.00000264. The zero-order chi connectivity index (χ0) is 15.9. The maximum absolute atomic E-state index is 12.0. The second-order valence-electron chi connectivity index (χ2n) is 5.65. The standard InChI is InChI=1S/C16H23N3O2S.ClH/c1-12-4-6-14(7-5-12)18-15(20)10-22-11-16(21)19-8-2-3-13(17)9-19;/h4-7,13H,2-3,8-11,17H2,1H3,(H,18,20);1H. The fourth-order valence-corrected chi connectivity index (χ4v) is 3.11. The summed E-state index contributed by atoms with van der Waals surface area (Å²) in [5.41, 5.74) is 7.80. The van der Waals surface area contributed by atoms with Crippen molar-refractivity contribution >= 4 is 41.7 Å². The second kappa shape index (κ2) is 9.80. The number of nitrogens with one attached hydrogen (secondary N) is 1. The number of benzene rings is 1. The Morgan fingerprint density at radius 3 is 2.65 bits per heavy atom. The number of carbonyl (C=O) groups excluding carboxylic acids is 2. The third kappa shape index (κ3) is 6.81. The van der Waals surface area contributed by atoms with Gasteiger partial charge in [0.15, 0.2) is 0 Å². The van der Waals surface area contributed by atoms with Crippen molar-refractivity contribution in [2.24, 2.45) is 5.73 Å². The number of thioether (sulfide) groups is 1. The molecule has 2 rings (SSSR count). The van der Waals surface area contributed by atoms with Gasteiger partial charge in [-0.15, -0.1) is 24.2 Å². The Hall–Kier alpha value is -1.24. The zero-order valence-electron chi connectivity index (χ0n) is 13.3. The SMILES string of the molecule is Cc1ccc(NC(=O)CSCC(=O)N2CCCC(N)C2)cc1.Cl. The van der Waals surface area contributed by atoms with Gasteiger partial charge in [-0.2, -0.15) is 0 Å². The Morgan fingerprint density at radius 1 is 1.30 bits per heavy atom. The molecule has 1 heterocycles. The highest BCUT2D eigenvalue weighted by molar-refractivity contribution is 8.00. The third-order valence-corrected chi connectivity index (χ3v) is 4.52. The van der Waals surface area contributed by atoms with Crippen LogP contribution in [0, 0.1) is 6.92 Å². The summed E-state index contributed by atoms with van der Waals surface area (Å²) < 4.78 is 0. The van der Waals surface area contributed by atoms with Crippen LogP contribution in [0.5, 0.6) is 0 Å². The molecule has 0 spiro atoms. The van der Waals surface area contributed by atoms with Crippen LogP contribution < -0.4 is 11.1 Å². The number of rotatable bonds is 5. The molecular weight excluding hydrogens is 334 g/mol. The van der Waals surface area contributed by atoms with Crippen molar-refractivity contribution in [3.63, 3.8) is 0 Å². The van der Waals surface area contributed by atoms with E-state index in [1.165, 1.54) is 11.8 Å². The van der Waals surface area contributed by atoms with E-state index in [1.54, 1.807) is 4.90 Å². The summed E-state index contributed by atoms with van der Waals surface area (Å²) in [4.78, 5) is 25.7. The number of nitrogens with zero attached hydrogens (tertiary/aromatic N) is 1. The Morgan fingerprint density at radius 2 is 2.00 bits per heavy atom. The van der Waals surface area contributed by atoms with Gasteiger partial charge in [-0.25, -0.2) is 0 Å². The predicted molar refractivity (Wildman–Crippen MR) is 98.2 cm³/mol. The number of piperidine rings is 1. The van der Waals surface area contributed by atoms with Crippen LogP contribution >= 0.6 is 24.2 Å². The number of hydrogen-bond donors (Lipinski definition) is 2. The largest absolute Gasteiger partial charge is 0.340 e. The summed E-state index contributed by atoms with van der Waals surface area (Å²) in [5, 5.41) is 2.82. The fourth-order valence-electron chi connectivity index (χ4n) is 2.39. The average Bonchev–Trinajstić information content (AvgIpc) is 2.49. The highest BCUT2D eigenvalue weighted by atomic mass is 35.5. The van der Waals surface area contributed by atoms with E-state index in [-0.39, 0.29) is 36.0 Å². The summed E-state index contributed by atoms with van der Waals surface area (Å²) in [6.07, 6.45) is 1.95. The maximum atomic E-state index is 12.0. The van der Waals surface area contributed by atoms with Gasteiger partial charge in [0.05, 0.1) is 11.5 Å². The molecule has 5 nitrogen and oxygen atoms in total. The first-order valence-electron chi connectivity index (χ1n) is 7.52. The van der Waals surface area contributed by atoms with Crippen molar-refractivity contribution in [3.8, 4) is 0 Å². The minimum absolute atomic E-state index is 0. The normalized spacial score (nSPS) is 17.3. The Bertz CT molecular complexity index is 525. The van der Waals surface area contributed by atoms with Gasteiger partial charge in [-0.1, -0.05) is 17.7 Å². The number of hydrogen-bond acceptors (Lipinski definition) is 4. The monoisotopic (exact) mass is 357 g/mol. The third-order valence-electron chi connectivity index (χ3n) is 3.60. The molecular formula is C16H24ClN3O2S. The maximum Gasteiger partial charge on any atom is 0.234 e. The van der Waals surface area contributed by atoms with Gasteiger partial charge >= 0.3 is 0 Å². The van der Waals surface area contributed by atoms with Crippen LogP contribution in [0.4, 0.5) is 5.69 Å². The lowest BCUT2D eigenvalue weighted by Gasteiger charge is -2.30. The minimum Gasteiger partial charge on any atom is -0.340 e. The van der Waals surface area contributed by atoms with Crippen LogP contribution in [0.15, 0.2) is 24.3 Å². The molecule has 0 aromatic heterocycles. The number of halogens is 1. The lowest BCUT2D eigenvalue weighted by molar-refractivity contribution is -0.129. The molecule has 0 radical (unpaired) electrons. The number of anilines is 1. The summed E-state index contributed by atoms with van der Waals surface area (Å²) >= 11 is 1.34. The molecule has 0 saturated carbocycles. The number of nitrogens with two attached hydrogens (primary N) is 1. The van der Waals surface area contributed by atoms with Crippen molar-refractivity contribution in [1.82, 2.24) is 4.90 Å². The van der Waals surface area contributed by atoms with Crippen LogP contribution in [0.1, 0.15) is 18.4 Å². The van der Waals surface area contributed by atoms with Gasteiger partial charge < -0.3 is 16.0 Å². The van der Waals surface area contributed by atoms with Crippen molar-refractivity contribution in [2.45, 2.75) is 25.8 Å². The molecule has 1 fully saturated rings. The van der Waals surface area contributed by atoms with Crippen LogP contribution in [0.2, 0.25) is 0 Å². The van der Waals surface area contributed by atoms with E-state index < -0.39 is 0 Å². The van der Waals surface area contributed by atoms with Crippen LogP contribution in [-0.4, -0.2) is 47.4 Å². The molecule has 1 aromatic rings. The summed E-state index contributed by atoms with van der Waals surface area (Å²) in [6, 6.07) is 7.74. The molecule has 1 aliphatic heterocycles. The van der Waals surface area contributed by atoms with Crippen molar-refractivity contribution in [2.75, 3.05) is 29.9 Å². The smallest absolute Gasteiger partial charge is 0.234 e. The van der Waals surface area contributed by atoms with Crippen molar-refractivity contribution < 1.29 is 9.59 Å². The number of aryl methyl sites for hydroxylation is 1. The van der Waals surface area contributed by atoms with E-state index in [4.69, 9.17) is 5.73 Å². The molecule has 1 aromatic carbocycles. The van der Waals surface area contributed by atoms with E-state index in [0.29, 0.717) is 12.3 Å². The van der Waals surface area contributed by atoms with E-state index in [9.17, 15) is 9.59 Å². The Kier molecular flexibility index (Phi) is 8.44. The number of carbonyl (C=O) groups is 2. The summed E-state index contributed by atoms with van der Waals surface area (Å²) in [6.45, 7) is 3.41. The van der Waals surface area contributed by atoms with Crippen LogP contribution in [0.25, 0.3) is 0 Å². The fraction of sp³-hybridized carbons (Fsp3) is 0.500. The first-order chi connectivity index (χ1) is 10.5. The lowest BCUT2D eigenvalue weighted by atomic mass is 10.1. The van der Waals surface area contributed by atoms with E-state index in [1.807, 2.05) is 31.2 Å².